The Balaban J connectivity index is 0.000000635. The minimum Gasteiger partial charge on any atom is -0.376 e. The van der Waals surface area contributed by atoms with Gasteiger partial charge >= 0.3 is 0 Å². The third-order valence-electron chi connectivity index (χ3n) is 7.66. The molecule has 5 aromatic rings. The number of hydrogen-bond acceptors (Lipinski definition) is 1. The van der Waals surface area contributed by atoms with Gasteiger partial charge in [0.05, 0.1) is 6.10 Å². The second-order valence-corrected chi connectivity index (χ2v) is 14.9. The van der Waals surface area contributed by atoms with Gasteiger partial charge in [-0.2, -0.15) is 0 Å². The Bertz CT molecular complexity index is 1470. The first kappa shape index (κ1) is 34.8. The van der Waals surface area contributed by atoms with Gasteiger partial charge in [-0.05, 0) is 99.3 Å². The van der Waals surface area contributed by atoms with Crippen molar-refractivity contribution in [2.24, 2.45) is 0 Å². The molecule has 228 valence electrons. The number of methoxy groups -OCH3 is 1. The summed E-state index contributed by atoms with van der Waals surface area (Å²) in [5, 5.41) is 6.69. The van der Waals surface area contributed by atoms with Crippen molar-refractivity contribution in [3.05, 3.63) is 214 Å². The smallest absolute Gasteiger partial charge is 0.0902 e. The van der Waals surface area contributed by atoms with Crippen molar-refractivity contribution in [1.29, 1.82) is 0 Å². The van der Waals surface area contributed by atoms with Crippen molar-refractivity contribution in [3.63, 3.8) is 0 Å². The Kier molecular flexibility index (Phi) is 13.7. The number of hydrogen-bond donors (Lipinski definition) is 0. The summed E-state index contributed by atoms with van der Waals surface area (Å²) in [4.78, 5) is 0. The average Bonchev–Trinajstić information content (AvgIpc) is 3.85. The van der Waals surface area contributed by atoms with Gasteiger partial charge in [-0.3, -0.25) is 0 Å². The molecule has 0 amide bonds. The van der Waals surface area contributed by atoms with E-state index < -0.39 is 15.8 Å². The van der Waals surface area contributed by atoms with Crippen LogP contribution < -0.4 is 26.5 Å². The molecule has 0 aromatic heterocycles. The summed E-state index contributed by atoms with van der Waals surface area (Å²) in [6, 6.07) is 52.5. The van der Waals surface area contributed by atoms with E-state index in [0.717, 1.165) is 0 Å². The van der Waals surface area contributed by atoms with E-state index in [4.69, 9.17) is 4.74 Å². The fourth-order valence-electron chi connectivity index (χ4n) is 5.67. The van der Waals surface area contributed by atoms with Crippen LogP contribution in [0, 0.1) is 62.9 Å². The normalized spacial score (nSPS) is 15.7. The standard InChI is InChI=1S/C37H31OP2.C5H5.Fe/c1-38-37(34-26-16-28-36(34)40(31-21-10-4-11-22-31)32-23-12-5-13-24-32)33-25-14-15-27-35(33)39(29-17-6-2-7-18-29)30-19-8-3-9-20-30;1-2-4-5-3-1;/h2-28,37H,1H3;1-5H;/t37-;;/m1../s1. The van der Waals surface area contributed by atoms with Gasteiger partial charge < -0.3 is 4.74 Å². The predicted octanol–water partition coefficient (Wildman–Crippen LogP) is 8.02. The second kappa shape index (κ2) is 18.1. The SMILES string of the molecule is CO[C@@H]([C]1[CH][CH][CH][C]1P(c1ccccc1)c1ccccc1)c1ccccc1P(c1ccccc1)c1ccccc1.[CH]1[CH][CH][CH][CH]1.[Fe]. The summed E-state index contributed by atoms with van der Waals surface area (Å²) in [5.74, 6) is 1.24. The molecule has 2 fully saturated rings. The maximum Gasteiger partial charge on any atom is 0.0902 e. The zero-order valence-electron chi connectivity index (χ0n) is 25.7. The van der Waals surface area contributed by atoms with E-state index in [1.165, 1.54) is 43.7 Å². The van der Waals surface area contributed by atoms with Crippen LogP contribution in [-0.2, 0) is 21.8 Å². The fourth-order valence-corrected chi connectivity index (χ4v) is 10.6. The summed E-state index contributed by atoms with van der Waals surface area (Å²) in [7, 11) is 0.332. The number of rotatable bonds is 9. The molecule has 0 N–H and O–H groups in total. The molecule has 0 aliphatic heterocycles. The molecule has 0 unspecified atom stereocenters. The summed E-state index contributed by atoms with van der Waals surface area (Å²) < 4.78 is 6.43. The van der Waals surface area contributed by atoms with Crippen LogP contribution in [0.25, 0.3) is 0 Å². The third-order valence-corrected chi connectivity index (χ3v) is 12.7. The zero-order valence-corrected chi connectivity index (χ0v) is 28.6. The van der Waals surface area contributed by atoms with Crippen LogP contribution in [-0.4, -0.2) is 7.11 Å². The summed E-state index contributed by atoms with van der Waals surface area (Å²) in [5.41, 5.74) is 2.57. The Labute approximate surface area is 290 Å². The predicted molar refractivity (Wildman–Crippen MR) is 195 cm³/mol. The van der Waals surface area contributed by atoms with E-state index in [-0.39, 0.29) is 23.2 Å². The van der Waals surface area contributed by atoms with Crippen LogP contribution in [0.5, 0.6) is 0 Å². The van der Waals surface area contributed by atoms with Crippen molar-refractivity contribution in [1.82, 2.24) is 0 Å². The Hall–Kier alpha value is -2.56. The van der Waals surface area contributed by atoms with Gasteiger partial charge in [0, 0.05) is 35.8 Å². The maximum absolute atomic E-state index is 6.43. The van der Waals surface area contributed by atoms with Crippen LogP contribution in [0.15, 0.2) is 146 Å². The molecule has 0 bridgehead atoms. The maximum atomic E-state index is 6.43. The Morgan fingerprint density at radius 2 is 0.826 bits per heavy atom. The molecule has 1 atom stereocenters. The van der Waals surface area contributed by atoms with Crippen molar-refractivity contribution >= 4 is 42.4 Å². The van der Waals surface area contributed by atoms with Crippen molar-refractivity contribution in [2.45, 2.75) is 6.10 Å². The molecule has 2 aliphatic rings. The Morgan fingerprint density at radius 1 is 0.435 bits per heavy atom. The molecule has 46 heavy (non-hydrogen) atoms. The van der Waals surface area contributed by atoms with E-state index in [1.807, 2.05) is 39.2 Å². The summed E-state index contributed by atoms with van der Waals surface area (Å²) in [6.07, 6.45) is 16.6. The molecule has 1 nitrogen and oxygen atoms in total. The molecule has 0 heterocycles. The zero-order chi connectivity index (χ0) is 30.7. The summed E-state index contributed by atoms with van der Waals surface area (Å²) >= 11 is 0. The minimum absolute atomic E-state index is 0. The largest absolute Gasteiger partial charge is 0.376 e. The van der Waals surface area contributed by atoms with Crippen LogP contribution in [0.3, 0.4) is 0 Å². The summed E-state index contributed by atoms with van der Waals surface area (Å²) in [6.45, 7) is 0. The van der Waals surface area contributed by atoms with E-state index in [0.29, 0.717) is 0 Å². The molecule has 10 radical (unpaired) electrons. The topological polar surface area (TPSA) is 9.23 Å². The number of benzene rings is 5. The van der Waals surface area contributed by atoms with E-state index in [1.54, 1.807) is 0 Å². The van der Waals surface area contributed by atoms with Gasteiger partial charge in [-0.1, -0.05) is 146 Å². The molecule has 4 heteroatoms. The molecular formula is C42H36FeOP2. The molecule has 5 aromatic carbocycles. The number of ether oxygens (including phenoxy) is 1. The van der Waals surface area contributed by atoms with Crippen LogP contribution in [0.1, 0.15) is 11.7 Å². The van der Waals surface area contributed by atoms with E-state index >= 15 is 0 Å². The minimum atomic E-state index is -0.768. The van der Waals surface area contributed by atoms with Crippen molar-refractivity contribution in [2.75, 3.05) is 7.11 Å². The van der Waals surface area contributed by atoms with Crippen LogP contribution >= 0.6 is 15.8 Å². The molecule has 2 saturated carbocycles. The Morgan fingerprint density at radius 3 is 1.26 bits per heavy atom. The molecule has 0 spiro atoms. The van der Waals surface area contributed by atoms with Gasteiger partial charge in [-0.25, -0.2) is 0 Å². The van der Waals surface area contributed by atoms with Gasteiger partial charge in [0.25, 0.3) is 0 Å². The van der Waals surface area contributed by atoms with E-state index in [2.05, 4.69) is 165 Å². The monoisotopic (exact) mass is 674 g/mol. The van der Waals surface area contributed by atoms with Crippen LogP contribution in [0.2, 0.25) is 0 Å². The van der Waals surface area contributed by atoms with Crippen molar-refractivity contribution in [3.8, 4) is 0 Å². The van der Waals surface area contributed by atoms with Gasteiger partial charge in [0.1, 0.15) is 0 Å². The molecule has 7 rings (SSSR count). The van der Waals surface area contributed by atoms with Gasteiger partial charge in [0.2, 0.25) is 0 Å². The first-order valence-electron chi connectivity index (χ1n) is 15.2. The van der Waals surface area contributed by atoms with Crippen molar-refractivity contribution < 1.29 is 21.8 Å². The molecule has 0 saturated heterocycles. The quantitative estimate of drug-likeness (QED) is 0.114. The third kappa shape index (κ3) is 8.47. The second-order valence-electron chi connectivity index (χ2n) is 10.5. The first-order valence-corrected chi connectivity index (χ1v) is 17.9. The van der Waals surface area contributed by atoms with Crippen LogP contribution in [0.4, 0.5) is 0 Å². The molecule has 2 aliphatic carbocycles. The van der Waals surface area contributed by atoms with Gasteiger partial charge in [0.15, 0.2) is 0 Å². The average molecular weight is 675 g/mol. The molecular weight excluding hydrogens is 638 g/mol. The first-order chi connectivity index (χ1) is 22.3. The van der Waals surface area contributed by atoms with Gasteiger partial charge in [-0.15, -0.1) is 0 Å². The fraction of sp³-hybridized carbons (Fsp3) is 0.0476. The van der Waals surface area contributed by atoms with E-state index in [9.17, 15) is 0 Å².